The number of amides is 3. The van der Waals surface area contributed by atoms with Crippen molar-refractivity contribution in [2.75, 3.05) is 7.05 Å². The van der Waals surface area contributed by atoms with Crippen LogP contribution in [0.25, 0.3) is 10.9 Å². The molecule has 1 aromatic heterocycles. The van der Waals surface area contributed by atoms with Crippen LogP contribution in [0.1, 0.15) is 17.2 Å². The number of H-pyrrole nitrogens is 1. The number of aromatic amines is 1. The lowest BCUT2D eigenvalue weighted by Crippen LogP contribution is -2.41. The molecule has 3 aromatic rings. The van der Waals surface area contributed by atoms with Gasteiger partial charge in [-0.2, -0.15) is 0 Å². The molecule has 0 aliphatic rings. The monoisotopic (exact) mass is 365 g/mol. The summed E-state index contributed by atoms with van der Waals surface area (Å²) < 4.78 is 5.42. The molecule has 3 N–H and O–H groups in total. The second-order valence-electron chi connectivity index (χ2n) is 5.89. The van der Waals surface area contributed by atoms with Gasteiger partial charge in [-0.15, -0.1) is 0 Å². The third-order valence-corrected chi connectivity index (χ3v) is 4.06. The molecule has 1 heterocycles. The van der Waals surface area contributed by atoms with Gasteiger partial charge in [0.25, 0.3) is 5.91 Å². The summed E-state index contributed by atoms with van der Waals surface area (Å²) >= 11 is 0. The molecule has 0 bridgehead atoms. The lowest BCUT2D eigenvalue weighted by Gasteiger charge is -2.17. The number of hydrogen-bond acceptors (Lipinski definition) is 4. The van der Waals surface area contributed by atoms with E-state index in [1.54, 1.807) is 36.5 Å². The minimum Gasteiger partial charge on any atom is -0.447 e. The molecule has 27 heavy (non-hydrogen) atoms. The number of para-hydroxylation sites is 1. The van der Waals surface area contributed by atoms with Crippen LogP contribution >= 0.6 is 0 Å². The number of carbonyl (C=O) groups excluding carboxylic acids is 3. The van der Waals surface area contributed by atoms with Crippen LogP contribution in [0.3, 0.4) is 0 Å². The molecular weight excluding hydrogens is 346 g/mol. The van der Waals surface area contributed by atoms with Crippen molar-refractivity contribution in [2.45, 2.75) is 12.5 Å². The number of ether oxygens (including phenoxy) is 1. The average Bonchev–Trinajstić information content (AvgIpc) is 3.09. The SMILES string of the molecule is CNC(=O)NC(=O)[C@@H](OC(=O)Cc1c[nH]c2ccccc12)c1ccccc1. The van der Waals surface area contributed by atoms with Gasteiger partial charge in [0.05, 0.1) is 6.42 Å². The number of fused-ring (bicyclic) bond motifs is 1. The van der Waals surface area contributed by atoms with Crippen molar-refractivity contribution in [3.8, 4) is 0 Å². The lowest BCUT2D eigenvalue weighted by molar-refractivity contribution is -0.155. The van der Waals surface area contributed by atoms with E-state index >= 15 is 0 Å². The molecule has 0 fully saturated rings. The van der Waals surface area contributed by atoms with Gasteiger partial charge >= 0.3 is 12.0 Å². The first-order chi connectivity index (χ1) is 13.1. The maximum absolute atomic E-state index is 12.5. The third-order valence-electron chi connectivity index (χ3n) is 4.06. The largest absolute Gasteiger partial charge is 0.447 e. The second kappa shape index (κ2) is 8.18. The van der Waals surface area contributed by atoms with Gasteiger partial charge in [0.15, 0.2) is 0 Å². The Morgan fingerprint density at radius 3 is 2.48 bits per heavy atom. The van der Waals surface area contributed by atoms with Gasteiger partial charge in [-0.3, -0.25) is 14.9 Å². The Bertz CT molecular complexity index is 966. The average molecular weight is 365 g/mol. The van der Waals surface area contributed by atoms with Crippen molar-refractivity contribution in [2.24, 2.45) is 0 Å². The molecular formula is C20H19N3O4. The zero-order chi connectivity index (χ0) is 19.2. The predicted molar refractivity (Wildman–Crippen MR) is 99.9 cm³/mol. The van der Waals surface area contributed by atoms with E-state index in [0.29, 0.717) is 5.56 Å². The number of benzene rings is 2. The third kappa shape index (κ3) is 4.33. The Hall–Kier alpha value is -3.61. The van der Waals surface area contributed by atoms with Crippen LogP contribution in [0.2, 0.25) is 0 Å². The van der Waals surface area contributed by atoms with Gasteiger partial charge in [-0.05, 0) is 11.6 Å². The van der Waals surface area contributed by atoms with Crippen LogP contribution in [0, 0.1) is 0 Å². The molecule has 0 unspecified atom stereocenters. The summed E-state index contributed by atoms with van der Waals surface area (Å²) in [4.78, 5) is 39.4. The van der Waals surface area contributed by atoms with Crippen LogP contribution in [0.5, 0.6) is 0 Å². The van der Waals surface area contributed by atoms with E-state index in [4.69, 9.17) is 4.74 Å². The van der Waals surface area contributed by atoms with Gasteiger partial charge in [0.2, 0.25) is 6.10 Å². The van der Waals surface area contributed by atoms with Crippen molar-refractivity contribution in [1.82, 2.24) is 15.6 Å². The number of rotatable bonds is 5. The van der Waals surface area contributed by atoms with Crippen LogP contribution in [-0.4, -0.2) is 29.9 Å². The Labute approximate surface area is 155 Å². The molecule has 7 nitrogen and oxygen atoms in total. The van der Waals surface area contributed by atoms with Gasteiger partial charge in [-0.25, -0.2) is 4.79 Å². The molecule has 0 saturated heterocycles. The summed E-state index contributed by atoms with van der Waals surface area (Å²) in [5, 5.41) is 5.36. The maximum atomic E-state index is 12.5. The standard InChI is InChI=1S/C20H19N3O4/c1-21-20(26)23-19(25)18(13-7-3-2-4-8-13)27-17(24)11-14-12-22-16-10-6-5-9-15(14)16/h2-10,12,18,22H,11H2,1H3,(H2,21,23,25,26)/t18-/m0/s1. The fraction of sp³-hybridized carbons (Fsp3) is 0.150. The fourth-order valence-electron chi connectivity index (χ4n) is 2.75. The zero-order valence-corrected chi connectivity index (χ0v) is 14.7. The van der Waals surface area contributed by atoms with E-state index in [-0.39, 0.29) is 6.42 Å². The van der Waals surface area contributed by atoms with Gasteiger partial charge in [-0.1, -0.05) is 48.5 Å². The van der Waals surface area contributed by atoms with Crippen LogP contribution in [0.4, 0.5) is 4.79 Å². The number of hydrogen-bond donors (Lipinski definition) is 3. The summed E-state index contributed by atoms with van der Waals surface area (Å²) in [5.41, 5.74) is 2.16. The smallest absolute Gasteiger partial charge is 0.321 e. The first kappa shape index (κ1) is 18.2. The van der Waals surface area contributed by atoms with Crippen molar-refractivity contribution < 1.29 is 19.1 Å². The Morgan fingerprint density at radius 2 is 1.74 bits per heavy atom. The number of urea groups is 1. The number of nitrogens with one attached hydrogen (secondary N) is 3. The fourth-order valence-corrected chi connectivity index (χ4v) is 2.75. The van der Waals surface area contributed by atoms with Gasteiger partial charge in [0, 0.05) is 29.7 Å². The first-order valence-corrected chi connectivity index (χ1v) is 8.40. The van der Waals surface area contributed by atoms with Gasteiger partial charge in [0.1, 0.15) is 0 Å². The number of esters is 1. The predicted octanol–water partition coefficient (Wildman–Crippen LogP) is 2.45. The summed E-state index contributed by atoms with van der Waals surface area (Å²) in [6, 6.07) is 15.5. The highest BCUT2D eigenvalue weighted by Gasteiger charge is 2.26. The molecule has 1 atom stereocenters. The maximum Gasteiger partial charge on any atom is 0.321 e. The lowest BCUT2D eigenvalue weighted by atomic mass is 10.1. The van der Waals surface area contributed by atoms with Crippen molar-refractivity contribution >= 4 is 28.8 Å². The Balaban J connectivity index is 1.77. The van der Waals surface area contributed by atoms with Crippen LogP contribution in [-0.2, 0) is 20.7 Å². The van der Waals surface area contributed by atoms with Crippen molar-refractivity contribution in [1.29, 1.82) is 0 Å². The molecule has 0 radical (unpaired) electrons. The van der Waals surface area contributed by atoms with Crippen LogP contribution < -0.4 is 10.6 Å². The normalized spacial score (nSPS) is 11.6. The van der Waals surface area contributed by atoms with E-state index in [1.807, 2.05) is 24.3 Å². The summed E-state index contributed by atoms with van der Waals surface area (Å²) in [5.74, 6) is -1.28. The Morgan fingerprint density at radius 1 is 1.04 bits per heavy atom. The Kier molecular flexibility index (Phi) is 5.51. The molecule has 0 spiro atoms. The van der Waals surface area contributed by atoms with Crippen LogP contribution in [0.15, 0.2) is 60.8 Å². The summed E-state index contributed by atoms with van der Waals surface area (Å²) in [6.07, 6.45) is 0.524. The highest BCUT2D eigenvalue weighted by atomic mass is 16.5. The van der Waals surface area contributed by atoms with E-state index in [2.05, 4.69) is 15.6 Å². The second-order valence-corrected chi connectivity index (χ2v) is 5.89. The molecule has 3 rings (SSSR count). The number of carbonyl (C=O) groups is 3. The van der Waals surface area contributed by atoms with Crippen molar-refractivity contribution in [3.05, 3.63) is 71.9 Å². The van der Waals surface area contributed by atoms with E-state index in [0.717, 1.165) is 16.5 Å². The summed E-state index contributed by atoms with van der Waals surface area (Å²) in [7, 11) is 1.39. The molecule has 0 saturated carbocycles. The summed E-state index contributed by atoms with van der Waals surface area (Å²) in [6.45, 7) is 0. The molecule has 3 amide bonds. The van der Waals surface area contributed by atoms with E-state index < -0.39 is 24.0 Å². The van der Waals surface area contributed by atoms with Crippen molar-refractivity contribution in [3.63, 3.8) is 0 Å². The molecule has 7 heteroatoms. The quantitative estimate of drug-likeness (QED) is 0.605. The first-order valence-electron chi connectivity index (χ1n) is 8.40. The topological polar surface area (TPSA) is 100 Å². The highest BCUT2D eigenvalue weighted by molar-refractivity contribution is 5.98. The van der Waals surface area contributed by atoms with E-state index in [9.17, 15) is 14.4 Å². The molecule has 0 aliphatic heterocycles. The van der Waals surface area contributed by atoms with Gasteiger partial charge < -0.3 is 15.0 Å². The molecule has 0 aliphatic carbocycles. The molecule has 2 aromatic carbocycles. The minimum atomic E-state index is -1.22. The number of aromatic nitrogens is 1. The minimum absolute atomic E-state index is 0.000596. The highest BCUT2D eigenvalue weighted by Crippen LogP contribution is 2.21. The number of imide groups is 1. The van der Waals surface area contributed by atoms with E-state index in [1.165, 1.54) is 7.05 Å². The zero-order valence-electron chi connectivity index (χ0n) is 14.7. The molecule has 138 valence electrons.